The summed E-state index contributed by atoms with van der Waals surface area (Å²) < 4.78 is 0.712. The number of aryl methyl sites for hydroxylation is 1. The van der Waals surface area contributed by atoms with Gasteiger partial charge >= 0.3 is 0 Å². The van der Waals surface area contributed by atoms with Gasteiger partial charge < -0.3 is 15.5 Å². The number of amides is 2. The Balaban J connectivity index is 1.43. The first-order valence-corrected chi connectivity index (χ1v) is 10.1. The average Bonchev–Trinajstić information content (AvgIpc) is 3.31. The highest BCUT2D eigenvalue weighted by molar-refractivity contribution is 8.01. The molecule has 138 valence electrons. The fraction of sp³-hybridized carbons (Fsp3) is 0.412. The zero-order valence-corrected chi connectivity index (χ0v) is 16.3. The number of nitrogens with one attached hydrogen (secondary N) is 2. The molecule has 1 fully saturated rings. The van der Waals surface area contributed by atoms with Crippen molar-refractivity contribution in [1.82, 2.24) is 20.4 Å². The molecule has 7 nitrogen and oxygen atoms in total. The monoisotopic (exact) mass is 391 g/mol. The molecule has 0 radical (unpaired) electrons. The first-order chi connectivity index (χ1) is 12.5. The van der Waals surface area contributed by atoms with Crippen LogP contribution in [0, 0.1) is 6.92 Å². The van der Waals surface area contributed by atoms with Gasteiger partial charge in [-0.1, -0.05) is 40.8 Å². The van der Waals surface area contributed by atoms with Crippen LogP contribution in [0.25, 0.3) is 0 Å². The molecule has 0 saturated heterocycles. The summed E-state index contributed by atoms with van der Waals surface area (Å²) >= 11 is 2.72. The van der Waals surface area contributed by atoms with E-state index < -0.39 is 0 Å². The molecule has 2 N–H and O–H groups in total. The first-order valence-electron chi connectivity index (χ1n) is 8.33. The van der Waals surface area contributed by atoms with Gasteiger partial charge in [0.1, 0.15) is 0 Å². The Morgan fingerprint density at radius 2 is 2.00 bits per heavy atom. The van der Waals surface area contributed by atoms with Crippen molar-refractivity contribution in [3.63, 3.8) is 0 Å². The van der Waals surface area contributed by atoms with E-state index in [1.54, 1.807) is 7.05 Å². The highest BCUT2D eigenvalue weighted by Crippen LogP contribution is 2.27. The number of nitrogens with zero attached hydrogens (tertiary/aromatic N) is 3. The lowest BCUT2D eigenvalue weighted by atomic mass is 10.2. The maximum atomic E-state index is 12.1. The second-order valence-corrected chi connectivity index (χ2v) is 8.44. The Morgan fingerprint density at radius 3 is 2.69 bits per heavy atom. The number of hydrogen-bond acceptors (Lipinski definition) is 7. The summed E-state index contributed by atoms with van der Waals surface area (Å²) in [6.07, 6.45) is 2.07. The summed E-state index contributed by atoms with van der Waals surface area (Å²) in [4.78, 5) is 25.3. The van der Waals surface area contributed by atoms with E-state index >= 15 is 0 Å². The molecular formula is C17H21N5O2S2. The molecule has 26 heavy (non-hydrogen) atoms. The Labute approximate surface area is 160 Å². The van der Waals surface area contributed by atoms with Crippen molar-refractivity contribution >= 4 is 45.7 Å². The number of anilines is 2. The molecule has 1 aromatic heterocycles. The molecule has 1 aliphatic carbocycles. The van der Waals surface area contributed by atoms with Crippen LogP contribution in [0.15, 0.2) is 28.6 Å². The van der Waals surface area contributed by atoms with Crippen molar-refractivity contribution in [1.29, 1.82) is 0 Å². The zero-order chi connectivity index (χ0) is 18.5. The molecule has 0 spiro atoms. The first kappa shape index (κ1) is 18.7. The van der Waals surface area contributed by atoms with E-state index in [4.69, 9.17) is 0 Å². The van der Waals surface area contributed by atoms with Crippen LogP contribution in [0.2, 0.25) is 0 Å². The van der Waals surface area contributed by atoms with Gasteiger partial charge in [0.25, 0.3) is 0 Å². The zero-order valence-electron chi connectivity index (χ0n) is 14.7. The lowest BCUT2D eigenvalue weighted by Gasteiger charge is -2.16. The average molecular weight is 392 g/mol. The highest BCUT2D eigenvalue weighted by atomic mass is 32.2. The van der Waals surface area contributed by atoms with E-state index in [0.29, 0.717) is 15.5 Å². The summed E-state index contributed by atoms with van der Waals surface area (Å²) in [5.74, 6) is 0.0184. The van der Waals surface area contributed by atoms with Crippen LogP contribution >= 0.6 is 23.1 Å². The van der Waals surface area contributed by atoms with Crippen LogP contribution in [0.5, 0.6) is 0 Å². The van der Waals surface area contributed by atoms with Crippen molar-refractivity contribution in [2.75, 3.05) is 24.7 Å². The minimum absolute atomic E-state index is 0.0895. The van der Waals surface area contributed by atoms with Crippen LogP contribution in [0.3, 0.4) is 0 Å². The van der Waals surface area contributed by atoms with E-state index in [2.05, 4.69) is 20.8 Å². The molecule has 3 rings (SSSR count). The third-order valence-electron chi connectivity index (χ3n) is 3.78. The molecule has 0 bridgehead atoms. The van der Waals surface area contributed by atoms with Crippen LogP contribution in [0.1, 0.15) is 18.4 Å². The number of thioether (sulfide) groups is 1. The predicted molar refractivity (Wildman–Crippen MR) is 104 cm³/mol. The molecule has 2 aromatic rings. The summed E-state index contributed by atoms with van der Waals surface area (Å²) in [6, 6.07) is 8.31. The largest absolute Gasteiger partial charge is 0.352 e. The Kier molecular flexibility index (Phi) is 6.10. The van der Waals surface area contributed by atoms with Crippen molar-refractivity contribution in [2.45, 2.75) is 30.1 Å². The molecular weight excluding hydrogens is 370 g/mol. The van der Waals surface area contributed by atoms with Gasteiger partial charge in [-0.2, -0.15) is 0 Å². The number of hydrogen-bond donors (Lipinski definition) is 2. The second kappa shape index (κ2) is 8.50. The van der Waals surface area contributed by atoms with Crippen molar-refractivity contribution in [2.24, 2.45) is 0 Å². The predicted octanol–water partition coefficient (Wildman–Crippen LogP) is 2.42. The SMILES string of the molecule is Cc1ccc(Nc2nnc(SCC(=O)N(C)CC(=O)NC3CC3)s2)cc1. The fourth-order valence-corrected chi connectivity index (χ4v) is 3.83. The quantitative estimate of drug-likeness (QED) is 0.672. The number of rotatable bonds is 8. The van der Waals surface area contributed by atoms with Crippen LogP contribution in [-0.2, 0) is 9.59 Å². The third kappa shape index (κ3) is 5.70. The van der Waals surface area contributed by atoms with Crippen LogP contribution < -0.4 is 10.6 Å². The highest BCUT2D eigenvalue weighted by Gasteiger charge is 2.24. The molecule has 1 heterocycles. The molecule has 0 unspecified atom stereocenters. The van der Waals surface area contributed by atoms with Gasteiger partial charge in [0.2, 0.25) is 16.9 Å². The smallest absolute Gasteiger partial charge is 0.239 e. The van der Waals surface area contributed by atoms with E-state index in [1.807, 2.05) is 31.2 Å². The Hall–Kier alpha value is -2.13. The van der Waals surface area contributed by atoms with Gasteiger partial charge in [0.15, 0.2) is 4.34 Å². The topological polar surface area (TPSA) is 87.2 Å². The Morgan fingerprint density at radius 1 is 1.27 bits per heavy atom. The molecule has 0 aliphatic heterocycles. The van der Waals surface area contributed by atoms with Crippen LogP contribution in [0.4, 0.5) is 10.8 Å². The van der Waals surface area contributed by atoms with Crippen LogP contribution in [-0.4, -0.2) is 52.3 Å². The van der Waals surface area contributed by atoms with E-state index in [9.17, 15) is 9.59 Å². The normalized spacial score (nSPS) is 13.3. The van der Waals surface area contributed by atoms with Gasteiger partial charge in [0, 0.05) is 18.8 Å². The number of carbonyl (C=O) groups is 2. The summed E-state index contributed by atoms with van der Waals surface area (Å²) in [5.41, 5.74) is 2.14. The van der Waals surface area contributed by atoms with E-state index in [-0.39, 0.29) is 24.1 Å². The standard InChI is InChI=1S/C17H21N5O2S2/c1-11-3-5-13(6-4-11)19-16-20-21-17(26-16)25-10-15(24)22(2)9-14(23)18-12-7-8-12/h3-6,12H,7-10H2,1-2H3,(H,18,23)(H,19,20). The van der Waals surface area contributed by atoms with Gasteiger partial charge in [-0.15, -0.1) is 10.2 Å². The minimum Gasteiger partial charge on any atom is -0.352 e. The number of likely N-dealkylation sites (N-methyl/N-ethyl adjacent to an activating group) is 1. The maximum absolute atomic E-state index is 12.1. The number of aromatic nitrogens is 2. The number of benzene rings is 1. The third-order valence-corrected chi connectivity index (χ3v) is 5.73. The molecule has 1 aromatic carbocycles. The van der Waals surface area contributed by atoms with Gasteiger partial charge in [0.05, 0.1) is 12.3 Å². The fourth-order valence-electron chi connectivity index (χ4n) is 2.12. The summed E-state index contributed by atoms with van der Waals surface area (Å²) in [5, 5.41) is 14.9. The maximum Gasteiger partial charge on any atom is 0.239 e. The van der Waals surface area contributed by atoms with Gasteiger partial charge in [-0.3, -0.25) is 9.59 Å². The van der Waals surface area contributed by atoms with Crippen molar-refractivity contribution in [3.8, 4) is 0 Å². The van der Waals surface area contributed by atoms with Crippen molar-refractivity contribution < 1.29 is 9.59 Å². The molecule has 9 heteroatoms. The molecule has 0 atom stereocenters. The van der Waals surface area contributed by atoms with Crippen molar-refractivity contribution in [3.05, 3.63) is 29.8 Å². The van der Waals surface area contributed by atoms with Gasteiger partial charge in [-0.05, 0) is 31.9 Å². The Bertz CT molecular complexity index is 774. The molecule has 1 saturated carbocycles. The van der Waals surface area contributed by atoms with Gasteiger partial charge in [-0.25, -0.2) is 0 Å². The molecule has 1 aliphatic rings. The summed E-state index contributed by atoms with van der Waals surface area (Å²) in [7, 11) is 1.64. The summed E-state index contributed by atoms with van der Waals surface area (Å²) in [6.45, 7) is 2.12. The number of carbonyl (C=O) groups excluding carboxylic acids is 2. The lowest BCUT2D eigenvalue weighted by Crippen LogP contribution is -2.39. The molecule has 2 amide bonds. The second-order valence-electron chi connectivity index (χ2n) is 6.24. The van der Waals surface area contributed by atoms with E-state index in [0.717, 1.165) is 18.5 Å². The lowest BCUT2D eigenvalue weighted by molar-refractivity contribution is -0.132. The minimum atomic E-state index is -0.107. The van der Waals surface area contributed by atoms with E-state index in [1.165, 1.54) is 33.6 Å².